The van der Waals surface area contributed by atoms with Crippen LogP contribution in [0.15, 0.2) is 152 Å². The number of carbonyl (C=O) groups excluding carboxylic acids is 4. The van der Waals surface area contributed by atoms with Crippen LogP contribution in [0, 0.1) is 0 Å². The van der Waals surface area contributed by atoms with Crippen molar-refractivity contribution in [2.24, 2.45) is 0 Å². The van der Waals surface area contributed by atoms with E-state index < -0.39 is 23.8 Å². The molecule has 0 radical (unpaired) electrons. The predicted molar refractivity (Wildman–Crippen MR) is 204 cm³/mol. The Balaban J connectivity index is 1.06. The number of carbonyl (C=O) groups is 4. The summed E-state index contributed by atoms with van der Waals surface area (Å²) in [5, 5.41) is 10.4. The number of phenolic OH excluding ortho intramolecular Hbond substituents is 1. The first kappa shape index (κ1) is 35.9. The fourth-order valence-electron chi connectivity index (χ4n) is 5.69. The van der Waals surface area contributed by atoms with Gasteiger partial charge >= 0.3 is 11.9 Å². The smallest absolute Gasteiger partial charge is 0.318 e. The summed E-state index contributed by atoms with van der Waals surface area (Å²) < 4.78 is 11.3. The van der Waals surface area contributed by atoms with Crippen LogP contribution in [0.4, 0.5) is 0 Å². The van der Waals surface area contributed by atoms with Gasteiger partial charge in [-0.2, -0.15) is 0 Å². The van der Waals surface area contributed by atoms with Gasteiger partial charge in [-0.15, -0.1) is 0 Å². The second kappa shape index (κ2) is 16.4. The summed E-state index contributed by atoms with van der Waals surface area (Å²) in [6, 6.07) is 43.3. The first-order chi connectivity index (χ1) is 25.6. The van der Waals surface area contributed by atoms with Crippen molar-refractivity contribution in [2.75, 3.05) is 0 Å². The van der Waals surface area contributed by atoms with E-state index in [-0.39, 0.29) is 23.1 Å². The van der Waals surface area contributed by atoms with Crippen LogP contribution in [-0.2, 0) is 9.59 Å². The number of benzene rings is 6. The Hall–Kier alpha value is -6.86. The molecule has 0 fully saturated rings. The summed E-state index contributed by atoms with van der Waals surface area (Å²) in [4.78, 5) is 52.0. The molecule has 0 aliphatic rings. The van der Waals surface area contributed by atoms with Crippen LogP contribution in [0.5, 0.6) is 17.2 Å². The molecule has 6 rings (SSSR count). The molecule has 0 saturated carbocycles. The van der Waals surface area contributed by atoms with Gasteiger partial charge in [-0.3, -0.25) is 19.2 Å². The highest BCUT2D eigenvalue weighted by Gasteiger charge is 2.21. The Morgan fingerprint density at radius 1 is 0.472 bits per heavy atom. The van der Waals surface area contributed by atoms with Gasteiger partial charge in [0.2, 0.25) is 0 Å². The normalized spacial score (nSPS) is 12.1. The van der Waals surface area contributed by atoms with E-state index in [1.165, 1.54) is 12.1 Å². The standard InChI is InChI=1S/C46H36O7/c1-30(36-15-9-17-38(27-36)43(48)34-11-5-3-6-12-34)45(50)52-41-23-21-32(22-24-41)19-20-33-25-40(47)29-42(26-33)53-46(51)31(2)37-16-10-18-39(28-37)44(49)35-13-7-4-8-14-35/h3-31,47H,1-2H3/b20-19+. The molecule has 6 aromatic rings. The molecule has 7 nitrogen and oxygen atoms in total. The summed E-state index contributed by atoms with van der Waals surface area (Å²) in [5.41, 5.74) is 4.79. The lowest BCUT2D eigenvalue weighted by Crippen LogP contribution is -2.16. The summed E-state index contributed by atoms with van der Waals surface area (Å²) in [7, 11) is 0. The fraction of sp³-hybridized carbons (Fsp3) is 0.0870. The van der Waals surface area contributed by atoms with Crippen molar-refractivity contribution in [1.29, 1.82) is 0 Å². The third-order valence-electron chi connectivity index (χ3n) is 8.78. The van der Waals surface area contributed by atoms with Crippen molar-refractivity contribution < 1.29 is 33.8 Å². The first-order valence-electron chi connectivity index (χ1n) is 17.1. The Kier molecular flexibility index (Phi) is 11.2. The molecule has 53 heavy (non-hydrogen) atoms. The fourth-order valence-corrected chi connectivity index (χ4v) is 5.69. The van der Waals surface area contributed by atoms with Crippen molar-refractivity contribution >= 4 is 35.7 Å². The van der Waals surface area contributed by atoms with Crippen LogP contribution in [0.2, 0.25) is 0 Å². The minimum absolute atomic E-state index is 0.0793. The van der Waals surface area contributed by atoms with Gasteiger partial charge < -0.3 is 14.6 Å². The maximum absolute atomic E-state index is 13.1. The monoisotopic (exact) mass is 700 g/mol. The van der Waals surface area contributed by atoms with E-state index in [2.05, 4.69) is 0 Å². The second-order valence-electron chi connectivity index (χ2n) is 12.6. The molecule has 0 aliphatic heterocycles. The van der Waals surface area contributed by atoms with Gasteiger partial charge in [-0.05, 0) is 72.5 Å². The molecule has 0 saturated heterocycles. The summed E-state index contributed by atoms with van der Waals surface area (Å²) in [6.45, 7) is 3.44. The SMILES string of the molecule is CC(C(=O)Oc1ccc(/C=C/c2cc(O)cc(OC(=O)C(C)c3cccc(C(=O)c4ccccc4)c3)c2)cc1)c1cccc(C(=O)c2ccccc2)c1. The maximum Gasteiger partial charge on any atom is 0.318 e. The molecule has 0 bridgehead atoms. The highest BCUT2D eigenvalue weighted by Crippen LogP contribution is 2.27. The van der Waals surface area contributed by atoms with Crippen molar-refractivity contribution in [1.82, 2.24) is 0 Å². The molecule has 1 N–H and O–H groups in total. The molecule has 0 aliphatic carbocycles. The lowest BCUT2D eigenvalue weighted by atomic mass is 9.96. The van der Waals surface area contributed by atoms with Crippen LogP contribution in [0.3, 0.4) is 0 Å². The Morgan fingerprint density at radius 2 is 0.925 bits per heavy atom. The average Bonchev–Trinajstić information content (AvgIpc) is 3.20. The average molecular weight is 701 g/mol. The van der Waals surface area contributed by atoms with E-state index in [4.69, 9.17) is 9.47 Å². The molecule has 6 aromatic carbocycles. The minimum Gasteiger partial charge on any atom is -0.508 e. The molecule has 0 spiro atoms. The quantitative estimate of drug-likeness (QED) is 0.0587. The zero-order valence-electron chi connectivity index (χ0n) is 29.1. The van der Waals surface area contributed by atoms with Crippen molar-refractivity contribution in [3.63, 3.8) is 0 Å². The Morgan fingerprint density at radius 3 is 1.43 bits per heavy atom. The Bertz CT molecular complexity index is 2290. The first-order valence-corrected chi connectivity index (χ1v) is 17.1. The minimum atomic E-state index is -0.676. The predicted octanol–water partition coefficient (Wildman–Crippen LogP) is 9.44. The van der Waals surface area contributed by atoms with Crippen LogP contribution >= 0.6 is 0 Å². The topological polar surface area (TPSA) is 107 Å². The lowest BCUT2D eigenvalue weighted by molar-refractivity contribution is -0.136. The summed E-state index contributed by atoms with van der Waals surface area (Å²) >= 11 is 0. The van der Waals surface area contributed by atoms with Gasteiger partial charge in [0.15, 0.2) is 11.6 Å². The van der Waals surface area contributed by atoms with E-state index in [0.29, 0.717) is 44.7 Å². The number of hydrogen-bond acceptors (Lipinski definition) is 7. The molecular weight excluding hydrogens is 664 g/mol. The molecule has 0 aromatic heterocycles. The summed E-state index contributed by atoms with van der Waals surface area (Å²) in [5.74, 6) is -2.08. The number of hydrogen-bond donors (Lipinski definition) is 1. The Labute approximate surface area is 307 Å². The number of ether oxygens (including phenoxy) is 2. The van der Waals surface area contributed by atoms with E-state index in [1.54, 1.807) is 135 Å². The van der Waals surface area contributed by atoms with Gasteiger partial charge in [0, 0.05) is 28.3 Å². The van der Waals surface area contributed by atoms with Crippen molar-refractivity contribution in [2.45, 2.75) is 25.7 Å². The van der Waals surface area contributed by atoms with Crippen LogP contribution in [0.1, 0.15) is 79.8 Å². The highest BCUT2D eigenvalue weighted by molar-refractivity contribution is 6.09. The van der Waals surface area contributed by atoms with Crippen molar-refractivity contribution in [3.8, 4) is 17.2 Å². The number of ketones is 2. The third kappa shape index (κ3) is 9.09. The third-order valence-corrected chi connectivity index (χ3v) is 8.78. The lowest BCUT2D eigenvalue weighted by Gasteiger charge is -2.13. The highest BCUT2D eigenvalue weighted by atomic mass is 16.5. The molecule has 2 atom stereocenters. The molecule has 2 unspecified atom stereocenters. The number of esters is 2. The second-order valence-corrected chi connectivity index (χ2v) is 12.6. The van der Waals surface area contributed by atoms with E-state index >= 15 is 0 Å². The summed E-state index contributed by atoms with van der Waals surface area (Å²) in [6.07, 6.45) is 3.56. The van der Waals surface area contributed by atoms with Gasteiger partial charge in [-0.25, -0.2) is 0 Å². The van der Waals surface area contributed by atoms with Crippen molar-refractivity contribution in [3.05, 3.63) is 196 Å². The largest absolute Gasteiger partial charge is 0.508 e. The zero-order valence-corrected chi connectivity index (χ0v) is 29.1. The molecular formula is C46H36O7. The molecule has 7 heteroatoms. The van der Waals surface area contributed by atoms with Gasteiger partial charge in [-0.1, -0.05) is 121 Å². The van der Waals surface area contributed by atoms with E-state index in [9.17, 15) is 24.3 Å². The van der Waals surface area contributed by atoms with Crippen LogP contribution < -0.4 is 9.47 Å². The number of rotatable bonds is 12. The van der Waals surface area contributed by atoms with E-state index in [0.717, 1.165) is 5.56 Å². The zero-order chi connectivity index (χ0) is 37.3. The van der Waals surface area contributed by atoms with Gasteiger partial charge in [0.1, 0.15) is 17.2 Å². The number of aromatic hydroxyl groups is 1. The molecule has 0 amide bonds. The van der Waals surface area contributed by atoms with Crippen LogP contribution in [0.25, 0.3) is 12.2 Å². The maximum atomic E-state index is 13.1. The van der Waals surface area contributed by atoms with E-state index in [1.807, 2.05) is 30.3 Å². The number of phenols is 1. The van der Waals surface area contributed by atoms with Gasteiger partial charge in [0.25, 0.3) is 0 Å². The van der Waals surface area contributed by atoms with Crippen LogP contribution in [-0.4, -0.2) is 28.6 Å². The molecule has 0 heterocycles. The molecule has 262 valence electrons. The van der Waals surface area contributed by atoms with Gasteiger partial charge in [0.05, 0.1) is 11.8 Å².